The van der Waals surface area contributed by atoms with Gasteiger partial charge in [-0.25, -0.2) is 4.39 Å². The molecule has 0 aromatic carbocycles. The molecule has 2 atom stereocenters. The normalized spacial score (nSPS) is 14.1. The Balaban J connectivity index is 5.17. The third kappa shape index (κ3) is 9.54. The Morgan fingerprint density at radius 3 is 2.21 bits per heavy atom. The number of methoxy groups -OCH3 is 1. The van der Waals surface area contributed by atoms with Gasteiger partial charge in [-0.05, 0) is 41.6 Å². The minimum absolute atomic E-state index is 0.0427. The lowest BCUT2D eigenvalue weighted by Gasteiger charge is -2.15. The van der Waals surface area contributed by atoms with Gasteiger partial charge in [-0.15, -0.1) is 0 Å². The zero-order chi connectivity index (χ0) is 21.9. The summed E-state index contributed by atoms with van der Waals surface area (Å²) in [5.74, 6) is 0.213. The molecule has 0 radical (unpaired) electrons. The van der Waals surface area contributed by atoms with Gasteiger partial charge >= 0.3 is 5.97 Å². The van der Waals surface area contributed by atoms with Gasteiger partial charge in [-0.3, -0.25) is 4.79 Å². The molecule has 0 aliphatic rings. The SMILES string of the molecule is C=C(/C=C(/COC(C)=O)C(=C)OC)C(=C)/C(F)=C\C(=C)C(C)CCC(C)CC. The molecule has 2 unspecified atom stereocenters. The molecule has 0 aliphatic carbocycles. The second kappa shape index (κ2) is 12.9. The van der Waals surface area contributed by atoms with Crippen molar-refractivity contribution in [2.24, 2.45) is 11.8 Å². The van der Waals surface area contributed by atoms with Crippen LogP contribution in [0.3, 0.4) is 0 Å². The van der Waals surface area contributed by atoms with Crippen molar-refractivity contribution in [3.05, 3.63) is 72.3 Å². The topological polar surface area (TPSA) is 35.5 Å². The minimum atomic E-state index is -0.489. The maximum absolute atomic E-state index is 14.6. The summed E-state index contributed by atoms with van der Waals surface area (Å²) >= 11 is 0. The smallest absolute Gasteiger partial charge is 0.302 e. The molecule has 4 heteroatoms. The Bertz CT molecular complexity index is 667. The fraction of sp³-hybridized carbons (Fsp3) is 0.458. The van der Waals surface area contributed by atoms with Crippen LogP contribution < -0.4 is 0 Å². The summed E-state index contributed by atoms with van der Waals surface area (Å²) in [4.78, 5) is 11.0. The highest BCUT2D eigenvalue weighted by molar-refractivity contribution is 5.66. The molecule has 0 aliphatic heterocycles. The van der Waals surface area contributed by atoms with Crippen molar-refractivity contribution in [1.29, 1.82) is 0 Å². The molecule has 0 aromatic rings. The molecule has 28 heavy (non-hydrogen) atoms. The van der Waals surface area contributed by atoms with Gasteiger partial charge in [0.1, 0.15) is 18.2 Å². The van der Waals surface area contributed by atoms with Gasteiger partial charge in [0.05, 0.1) is 7.11 Å². The number of carbonyl (C=O) groups excluding carboxylic acids is 1. The first-order valence-electron chi connectivity index (χ1n) is 9.55. The summed E-state index contributed by atoms with van der Waals surface area (Å²) in [6.45, 7) is 23.1. The highest BCUT2D eigenvalue weighted by atomic mass is 19.1. The maximum atomic E-state index is 14.6. The van der Waals surface area contributed by atoms with Crippen LogP contribution in [0, 0.1) is 11.8 Å². The van der Waals surface area contributed by atoms with E-state index in [2.05, 4.69) is 40.2 Å². The Kier molecular flexibility index (Phi) is 11.8. The molecule has 0 N–H and O–H groups in total. The molecule has 0 heterocycles. The summed E-state index contributed by atoms with van der Waals surface area (Å²) in [6, 6.07) is 0. The Hall–Kier alpha value is -2.36. The van der Waals surface area contributed by atoms with Gasteiger partial charge in [0.15, 0.2) is 0 Å². The van der Waals surface area contributed by atoms with Crippen LogP contribution in [0.1, 0.15) is 47.0 Å². The number of halogens is 1. The number of carbonyl (C=O) groups is 1. The second-order valence-electron chi connectivity index (χ2n) is 7.14. The van der Waals surface area contributed by atoms with Crippen LogP contribution in [0.15, 0.2) is 72.3 Å². The fourth-order valence-electron chi connectivity index (χ4n) is 2.28. The number of hydrogen-bond donors (Lipinski definition) is 0. The molecule has 156 valence electrons. The second-order valence-corrected chi connectivity index (χ2v) is 7.14. The predicted octanol–water partition coefficient (Wildman–Crippen LogP) is 6.62. The van der Waals surface area contributed by atoms with E-state index in [0.29, 0.717) is 22.8 Å². The van der Waals surface area contributed by atoms with Crippen LogP contribution in [0.2, 0.25) is 0 Å². The van der Waals surface area contributed by atoms with Gasteiger partial charge in [0.25, 0.3) is 0 Å². The average Bonchev–Trinajstić information content (AvgIpc) is 2.66. The molecular formula is C24H35FO3. The highest BCUT2D eigenvalue weighted by Crippen LogP contribution is 2.26. The van der Waals surface area contributed by atoms with Crippen LogP contribution in [-0.4, -0.2) is 19.7 Å². The van der Waals surface area contributed by atoms with E-state index in [9.17, 15) is 9.18 Å². The lowest BCUT2D eigenvalue weighted by atomic mass is 9.91. The molecule has 0 spiro atoms. The molecule has 0 aromatic heterocycles. The van der Waals surface area contributed by atoms with Crippen molar-refractivity contribution in [1.82, 2.24) is 0 Å². The quantitative estimate of drug-likeness (QED) is 0.201. The lowest BCUT2D eigenvalue weighted by Crippen LogP contribution is -2.06. The van der Waals surface area contributed by atoms with Crippen molar-refractivity contribution < 1.29 is 18.7 Å². The van der Waals surface area contributed by atoms with Gasteiger partial charge in [0, 0.05) is 18.1 Å². The third-order valence-electron chi connectivity index (χ3n) is 4.79. The van der Waals surface area contributed by atoms with E-state index < -0.39 is 11.8 Å². The van der Waals surface area contributed by atoms with E-state index in [-0.39, 0.29) is 18.1 Å². The van der Waals surface area contributed by atoms with Gasteiger partial charge in [-0.2, -0.15) is 0 Å². The van der Waals surface area contributed by atoms with Crippen LogP contribution in [0.4, 0.5) is 4.39 Å². The van der Waals surface area contributed by atoms with E-state index in [1.54, 1.807) is 6.08 Å². The summed E-state index contributed by atoms with van der Waals surface area (Å²) in [5.41, 5.74) is 1.69. The molecule has 0 saturated heterocycles. The Morgan fingerprint density at radius 1 is 1.11 bits per heavy atom. The summed E-state index contributed by atoms with van der Waals surface area (Å²) < 4.78 is 24.7. The van der Waals surface area contributed by atoms with Crippen LogP contribution in [-0.2, 0) is 14.3 Å². The van der Waals surface area contributed by atoms with Crippen LogP contribution >= 0.6 is 0 Å². The lowest BCUT2D eigenvalue weighted by molar-refractivity contribution is -0.139. The standard InChI is InChI=1S/C24H35FO3/c1-10-16(2)11-12-17(3)18(4)14-24(25)20(6)19(5)13-23(21(7)27-9)15-28-22(8)26/h13-14,16-17H,4-7,10-12,15H2,1-3,8-9H3/b23-13-,24-14+. The first-order chi connectivity index (χ1) is 13.0. The summed E-state index contributed by atoms with van der Waals surface area (Å²) in [5, 5.41) is 0. The van der Waals surface area contributed by atoms with Crippen molar-refractivity contribution in [3.8, 4) is 0 Å². The summed E-state index contributed by atoms with van der Waals surface area (Å²) in [7, 11) is 1.45. The summed E-state index contributed by atoms with van der Waals surface area (Å²) in [6.07, 6.45) is 6.15. The molecule has 0 fully saturated rings. The largest absolute Gasteiger partial charge is 0.497 e. The predicted molar refractivity (Wildman–Crippen MR) is 115 cm³/mol. The van der Waals surface area contributed by atoms with E-state index >= 15 is 0 Å². The van der Waals surface area contributed by atoms with Gasteiger partial charge in [0.2, 0.25) is 0 Å². The highest BCUT2D eigenvalue weighted by Gasteiger charge is 2.13. The minimum Gasteiger partial charge on any atom is -0.497 e. The average molecular weight is 391 g/mol. The van der Waals surface area contributed by atoms with E-state index in [1.807, 2.05) is 6.92 Å². The van der Waals surface area contributed by atoms with E-state index in [0.717, 1.165) is 24.8 Å². The van der Waals surface area contributed by atoms with Gasteiger partial charge < -0.3 is 9.47 Å². The third-order valence-corrected chi connectivity index (χ3v) is 4.79. The van der Waals surface area contributed by atoms with Crippen molar-refractivity contribution >= 4 is 5.97 Å². The fourth-order valence-corrected chi connectivity index (χ4v) is 2.28. The number of ether oxygens (including phenoxy) is 2. The van der Waals surface area contributed by atoms with Gasteiger partial charge in [-0.1, -0.05) is 59.9 Å². The molecule has 3 nitrogen and oxygen atoms in total. The monoisotopic (exact) mass is 390 g/mol. The first-order valence-corrected chi connectivity index (χ1v) is 9.55. The number of allylic oxidation sites excluding steroid dienone is 6. The van der Waals surface area contributed by atoms with Crippen molar-refractivity contribution in [2.75, 3.05) is 13.7 Å². The maximum Gasteiger partial charge on any atom is 0.302 e. The number of esters is 1. The molecule has 0 bridgehead atoms. The molecule has 0 amide bonds. The zero-order valence-electron chi connectivity index (χ0n) is 18.1. The molecule has 0 rings (SSSR count). The number of rotatable bonds is 13. The van der Waals surface area contributed by atoms with E-state index in [4.69, 9.17) is 9.47 Å². The van der Waals surface area contributed by atoms with E-state index in [1.165, 1.54) is 20.1 Å². The molecular weight excluding hydrogens is 355 g/mol. The Morgan fingerprint density at radius 2 is 1.71 bits per heavy atom. The first kappa shape index (κ1) is 25.6. The number of hydrogen-bond acceptors (Lipinski definition) is 3. The van der Waals surface area contributed by atoms with Crippen molar-refractivity contribution in [3.63, 3.8) is 0 Å². The Labute approximate surface area is 170 Å². The zero-order valence-corrected chi connectivity index (χ0v) is 18.1. The van der Waals surface area contributed by atoms with Crippen LogP contribution in [0.25, 0.3) is 0 Å². The van der Waals surface area contributed by atoms with Crippen molar-refractivity contribution in [2.45, 2.75) is 47.0 Å². The van der Waals surface area contributed by atoms with Crippen LogP contribution in [0.5, 0.6) is 0 Å². The molecule has 0 saturated carbocycles.